The van der Waals surface area contributed by atoms with Gasteiger partial charge in [0, 0.05) is 25.2 Å². The van der Waals surface area contributed by atoms with Gasteiger partial charge in [-0.05, 0) is 30.7 Å². The zero-order valence-electron chi connectivity index (χ0n) is 10.4. The molecule has 18 heavy (non-hydrogen) atoms. The number of aryl methyl sites for hydroxylation is 2. The van der Waals surface area contributed by atoms with Crippen molar-refractivity contribution in [1.82, 2.24) is 10.2 Å². The van der Waals surface area contributed by atoms with E-state index >= 15 is 0 Å². The van der Waals surface area contributed by atoms with Crippen molar-refractivity contribution < 1.29 is 9.21 Å². The van der Waals surface area contributed by atoms with Crippen LogP contribution in [0.1, 0.15) is 21.8 Å². The normalized spacial score (nSPS) is 10.2. The lowest BCUT2D eigenvalue weighted by Gasteiger charge is -2.07. The van der Waals surface area contributed by atoms with Gasteiger partial charge in [-0.15, -0.1) is 5.10 Å². The molecule has 2 aromatic rings. The van der Waals surface area contributed by atoms with Crippen LogP contribution in [0.2, 0.25) is 0 Å². The van der Waals surface area contributed by atoms with E-state index < -0.39 is 0 Å². The molecule has 0 aliphatic rings. The molecule has 0 bridgehead atoms. The fourth-order valence-electron chi connectivity index (χ4n) is 1.60. The Labute approximate surface area is 104 Å². The molecule has 1 amide bonds. The summed E-state index contributed by atoms with van der Waals surface area (Å²) < 4.78 is 5.08. The molecular formula is C12H14N4O2. The maximum absolute atomic E-state index is 11.9. The Kier molecular flexibility index (Phi) is 3.27. The minimum atomic E-state index is -0.274. The summed E-state index contributed by atoms with van der Waals surface area (Å²) in [6, 6.07) is 5.48. The Morgan fingerprint density at radius 3 is 2.61 bits per heavy atom. The van der Waals surface area contributed by atoms with Crippen molar-refractivity contribution in [2.24, 2.45) is 0 Å². The van der Waals surface area contributed by atoms with Gasteiger partial charge >= 0.3 is 6.01 Å². The number of anilines is 2. The Morgan fingerprint density at radius 1 is 1.28 bits per heavy atom. The van der Waals surface area contributed by atoms with Crippen molar-refractivity contribution in [3.63, 3.8) is 0 Å². The molecule has 0 atom stereocenters. The number of nitrogens with zero attached hydrogens (tertiary/aromatic N) is 2. The lowest BCUT2D eigenvalue weighted by Crippen LogP contribution is -2.12. The third-order valence-corrected chi connectivity index (χ3v) is 2.50. The Bertz CT molecular complexity index is 577. The number of hydrogen-bond acceptors (Lipinski definition) is 5. The fourth-order valence-corrected chi connectivity index (χ4v) is 1.60. The molecule has 6 heteroatoms. The van der Waals surface area contributed by atoms with Crippen molar-refractivity contribution >= 4 is 17.6 Å². The first-order valence-electron chi connectivity index (χ1n) is 5.50. The van der Waals surface area contributed by atoms with Crippen LogP contribution in [0.3, 0.4) is 0 Å². The van der Waals surface area contributed by atoms with Crippen molar-refractivity contribution in [2.45, 2.75) is 13.8 Å². The van der Waals surface area contributed by atoms with Crippen LogP contribution in [-0.4, -0.2) is 23.2 Å². The summed E-state index contributed by atoms with van der Waals surface area (Å²) in [5.41, 5.74) is 2.52. The minimum absolute atomic E-state index is 0.104. The van der Waals surface area contributed by atoms with E-state index in [0.29, 0.717) is 11.5 Å². The molecule has 1 aromatic heterocycles. The quantitative estimate of drug-likeness (QED) is 0.865. The lowest BCUT2D eigenvalue weighted by molar-refractivity contribution is 0.102. The Morgan fingerprint density at radius 2 is 2.06 bits per heavy atom. The van der Waals surface area contributed by atoms with Gasteiger partial charge in [0.05, 0.1) is 0 Å². The average molecular weight is 246 g/mol. The summed E-state index contributed by atoms with van der Waals surface area (Å²) in [6.07, 6.45) is 0. The van der Waals surface area contributed by atoms with Crippen LogP contribution in [0.5, 0.6) is 0 Å². The van der Waals surface area contributed by atoms with Crippen molar-refractivity contribution in [2.75, 3.05) is 17.7 Å². The molecule has 1 aromatic carbocycles. The fraction of sp³-hybridized carbons (Fsp3) is 0.250. The van der Waals surface area contributed by atoms with E-state index in [4.69, 9.17) is 4.42 Å². The predicted molar refractivity (Wildman–Crippen MR) is 67.7 cm³/mol. The molecule has 94 valence electrons. The number of carbonyl (C=O) groups excluding carboxylic acids is 1. The number of amides is 1. The molecule has 0 radical (unpaired) electrons. The van der Waals surface area contributed by atoms with Crippen molar-refractivity contribution in [3.8, 4) is 0 Å². The third kappa shape index (κ3) is 2.48. The number of nitrogens with one attached hydrogen (secondary N) is 2. The van der Waals surface area contributed by atoms with Crippen LogP contribution in [0.4, 0.5) is 11.7 Å². The van der Waals surface area contributed by atoms with Gasteiger partial charge < -0.3 is 9.73 Å². The van der Waals surface area contributed by atoms with Crippen LogP contribution < -0.4 is 10.6 Å². The second-order valence-corrected chi connectivity index (χ2v) is 3.86. The topological polar surface area (TPSA) is 80.0 Å². The molecule has 2 rings (SSSR count). The van der Waals surface area contributed by atoms with Gasteiger partial charge in [0.1, 0.15) is 0 Å². The van der Waals surface area contributed by atoms with Gasteiger partial charge in [-0.1, -0.05) is 5.10 Å². The Hall–Kier alpha value is -2.37. The molecule has 2 N–H and O–H groups in total. The summed E-state index contributed by atoms with van der Waals surface area (Å²) in [4.78, 5) is 11.9. The summed E-state index contributed by atoms with van der Waals surface area (Å²) in [5.74, 6) is 0.136. The highest BCUT2D eigenvalue weighted by molar-refractivity contribution is 6.03. The largest absolute Gasteiger partial charge is 0.408 e. The van der Waals surface area contributed by atoms with E-state index in [1.54, 1.807) is 19.1 Å². The number of benzene rings is 1. The summed E-state index contributed by atoms with van der Waals surface area (Å²) in [6.45, 7) is 3.59. The third-order valence-electron chi connectivity index (χ3n) is 2.50. The summed E-state index contributed by atoms with van der Waals surface area (Å²) in [5, 5.41) is 12.9. The van der Waals surface area contributed by atoms with Gasteiger partial charge in [0.2, 0.25) is 5.89 Å². The van der Waals surface area contributed by atoms with Gasteiger partial charge in [-0.3, -0.25) is 10.1 Å². The van der Waals surface area contributed by atoms with Gasteiger partial charge in [-0.2, -0.15) is 0 Å². The first-order chi connectivity index (χ1) is 8.60. The predicted octanol–water partition coefficient (Wildman–Crippen LogP) is 1.98. The molecule has 0 fully saturated rings. The molecule has 0 spiro atoms. The van der Waals surface area contributed by atoms with E-state index in [0.717, 1.165) is 11.3 Å². The first-order valence-corrected chi connectivity index (χ1v) is 5.50. The molecule has 1 heterocycles. The monoisotopic (exact) mass is 246 g/mol. The van der Waals surface area contributed by atoms with Crippen molar-refractivity contribution in [3.05, 3.63) is 35.2 Å². The maximum atomic E-state index is 11.9. The van der Waals surface area contributed by atoms with Gasteiger partial charge in [0.25, 0.3) is 5.91 Å². The lowest BCUT2D eigenvalue weighted by atomic mass is 10.1. The highest BCUT2D eigenvalue weighted by Gasteiger charge is 2.11. The Balaban J connectivity index is 2.16. The second-order valence-electron chi connectivity index (χ2n) is 3.86. The van der Waals surface area contributed by atoms with Crippen LogP contribution >= 0.6 is 0 Å². The maximum Gasteiger partial charge on any atom is 0.322 e. The molecular weight excluding hydrogens is 232 g/mol. The van der Waals surface area contributed by atoms with Crippen LogP contribution in [0.25, 0.3) is 0 Å². The van der Waals surface area contributed by atoms with E-state index in [1.165, 1.54) is 0 Å². The zero-order chi connectivity index (χ0) is 13.1. The van der Waals surface area contributed by atoms with Crippen LogP contribution in [0, 0.1) is 13.8 Å². The van der Waals surface area contributed by atoms with Gasteiger partial charge in [-0.25, -0.2) is 0 Å². The molecule has 0 unspecified atom stereocenters. The number of aromatic nitrogens is 2. The number of hydrogen-bond donors (Lipinski definition) is 2. The SMILES string of the molecule is CNc1ccc(C(=O)Nc2nnc(C)o2)cc1C. The van der Waals surface area contributed by atoms with E-state index in [-0.39, 0.29) is 11.9 Å². The molecule has 0 saturated carbocycles. The molecule has 0 aliphatic heterocycles. The minimum Gasteiger partial charge on any atom is -0.408 e. The first kappa shape index (κ1) is 12.1. The van der Waals surface area contributed by atoms with E-state index in [9.17, 15) is 4.79 Å². The molecule has 0 saturated heterocycles. The summed E-state index contributed by atoms with van der Waals surface area (Å²) in [7, 11) is 1.84. The summed E-state index contributed by atoms with van der Waals surface area (Å²) >= 11 is 0. The molecule has 0 aliphatic carbocycles. The average Bonchev–Trinajstić information content (AvgIpc) is 2.74. The second kappa shape index (κ2) is 4.87. The van der Waals surface area contributed by atoms with Crippen molar-refractivity contribution in [1.29, 1.82) is 0 Å². The highest BCUT2D eigenvalue weighted by atomic mass is 16.4. The zero-order valence-corrected chi connectivity index (χ0v) is 10.4. The van der Waals surface area contributed by atoms with E-state index in [1.807, 2.05) is 20.0 Å². The number of rotatable bonds is 3. The van der Waals surface area contributed by atoms with Gasteiger partial charge in [0.15, 0.2) is 0 Å². The number of carbonyl (C=O) groups is 1. The smallest absolute Gasteiger partial charge is 0.322 e. The molecule has 6 nitrogen and oxygen atoms in total. The highest BCUT2D eigenvalue weighted by Crippen LogP contribution is 2.16. The van der Waals surface area contributed by atoms with Crippen LogP contribution in [0.15, 0.2) is 22.6 Å². The van der Waals surface area contributed by atoms with Crippen LogP contribution in [-0.2, 0) is 0 Å². The van der Waals surface area contributed by atoms with E-state index in [2.05, 4.69) is 20.8 Å². The standard InChI is InChI=1S/C12H14N4O2/c1-7-6-9(4-5-10(7)13-3)11(17)14-12-16-15-8(2)18-12/h4-6,13H,1-3H3,(H,14,16,17).